The van der Waals surface area contributed by atoms with Crippen LogP contribution in [0.25, 0.3) is 11.3 Å². The molecular weight excluding hydrogens is 330 g/mol. The summed E-state index contributed by atoms with van der Waals surface area (Å²) in [7, 11) is 1.68. The summed E-state index contributed by atoms with van der Waals surface area (Å²) < 4.78 is 7.27. The molecule has 4 nitrogen and oxygen atoms in total. The lowest BCUT2D eigenvalue weighted by Gasteiger charge is -2.19. The topological polar surface area (TPSA) is 38.9 Å². The predicted molar refractivity (Wildman–Crippen MR) is 105 cm³/mol. The number of ether oxygens (including phenoxy) is 1. The van der Waals surface area contributed by atoms with Crippen LogP contribution in [0.5, 0.6) is 5.75 Å². The molecule has 132 valence electrons. The molecule has 1 aliphatic carbocycles. The van der Waals surface area contributed by atoms with E-state index in [1.807, 2.05) is 22.9 Å². The standard InChI is InChI=1S/C20H25N3OS/c1-4-12-21-20-23(22-17-7-5-6-15(2)13-17)19(14-25-20)16-8-10-18(24-3)11-9-16/h4,8-11,14-15H,1,5-7,12-13H2,2-3H3. The average molecular weight is 356 g/mol. The molecule has 3 rings (SSSR count). The minimum Gasteiger partial charge on any atom is -0.497 e. The van der Waals surface area contributed by atoms with E-state index in [0.29, 0.717) is 12.5 Å². The van der Waals surface area contributed by atoms with Crippen molar-refractivity contribution in [2.24, 2.45) is 16.0 Å². The van der Waals surface area contributed by atoms with Crippen LogP contribution in [0, 0.1) is 5.92 Å². The van der Waals surface area contributed by atoms with Crippen molar-refractivity contribution in [2.45, 2.75) is 32.6 Å². The van der Waals surface area contributed by atoms with Gasteiger partial charge in [0.05, 0.1) is 19.3 Å². The predicted octanol–water partition coefficient (Wildman–Crippen LogP) is 4.73. The summed E-state index contributed by atoms with van der Waals surface area (Å²) in [5, 5.41) is 7.11. The fraction of sp³-hybridized carbons (Fsp3) is 0.400. The third-order valence-electron chi connectivity index (χ3n) is 4.41. The van der Waals surface area contributed by atoms with E-state index in [2.05, 4.69) is 36.0 Å². The van der Waals surface area contributed by atoms with Gasteiger partial charge in [-0.3, -0.25) is 4.99 Å². The molecule has 0 spiro atoms. The molecule has 1 atom stereocenters. The van der Waals surface area contributed by atoms with Gasteiger partial charge in [-0.05, 0) is 55.9 Å². The average Bonchev–Trinajstić information content (AvgIpc) is 3.02. The van der Waals surface area contributed by atoms with Crippen molar-refractivity contribution in [1.82, 2.24) is 4.68 Å². The smallest absolute Gasteiger partial charge is 0.206 e. The van der Waals surface area contributed by atoms with Crippen LogP contribution in [0.15, 0.2) is 52.4 Å². The molecule has 0 bridgehead atoms. The highest BCUT2D eigenvalue weighted by molar-refractivity contribution is 7.07. The molecule has 1 unspecified atom stereocenters. The van der Waals surface area contributed by atoms with Crippen LogP contribution < -0.4 is 9.54 Å². The van der Waals surface area contributed by atoms with E-state index >= 15 is 0 Å². The number of methoxy groups -OCH3 is 1. The fourth-order valence-electron chi connectivity index (χ4n) is 3.10. The molecule has 1 aromatic heterocycles. The summed E-state index contributed by atoms with van der Waals surface area (Å²) in [6.07, 6.45) is 6.49. The monoisotopic (exact) mass is 355 g/mol. The molecule has 1 aliphatic rings. The van der Waals surface area contributed by atoms with Gasteiger partial charge in [0.1, 0.15) is 5.75 Å². The van der Waals surface area contributed by atoms with Crippen LogP contribution in [0.1, 0.15) is 32.6 Å². The molecule has 0 N–H and O–H groups in total. The van der Waals surface area contributed by atoms with E-state index in [1.165, 1.54) is 18.6 Å². The Balaban J connectivity index is 2.04. The van der Waals surface area contributed by atoms with Crippen LogP contribution in [0.2, 0.25) is 0 Å². The Morgan fingerprint density at radius 3 is 2.84 bits per heavy atom. The molecule has 0 radical (unpaired) electrons. The first-order valence-electron chi connectivity index (χ1n) is 8.74. The summed E-state index contributed by atoms with van der Waals surface area (Å²) in [4.78, 5) is 5.53. The largest absolute Gasteiger partial charge is 0.497 e. The van der Waals surface area contributed by atoms with Crippen LogP contribution in [0.4, 0.5) is 0 Å². The van der Waals surface area contributed by atoms with Crippen molar-refractivity contribution in [3.63, 3.8) is 0 Å². The zero-order valence-corrected chi connectivity index (χ0v) is 15.8. The molecule has 1 aromatic carbocycles. The highest BCUT2D eigenvalue weighted by Crippen LogP contribution is 2.25. The molecule has 0 amide bonds. The molecule has 0 saturated heterocycles. The summed E-state index contributed by atoms with van der Waals surface area (Å²) >= 11 is 1.62. The number of rotatable bonds is 5. The van der Waals surface area contributed by atoms with Crippen molar-refractivity contribution >= 4 is 17.0 Å². The van der Waals surface area contributed by atoms with Gasteiger partial charge in [0.2, 0.25) is 4.80 Å². The Kier molecular flexibility index (Phi) is 5.87. The lowest BCUT2D eigenvalue weighted by Crippen LogP contribution is -2.18. The minimum atomic E-state index is 0.601. The number of aromatic nitrogens is 1. The van der Waals surface area contributed by atoms with Gasteiger partial charge >= 0.3 is 0 Å². The van der Waals surface area contributed by atoms with Gasteiger partial charge in [-0.2, -0.15) is 5.10 Å². The third-order valence-corrected chi connectivity index (χ3v) is 5.27. The summed E-state index contributed by atoms with van der Waals surface area (Å²) in [6.45, 7) is 6.67. The minimum absolute atomic E-state index is 0.601. The highest BCUT2D eigenvalue weighted by Gasteiger charge is 2.16. The van der Waals surface area contributed by atoms with Crippen LogP contribution >= 0.6 is 11.3 Å². The number of hydrogen-bond donors (Lipinski definition) is 0. The van der Waals surface area contributed by atoms with E-state index in [4.69, 9.17) is 9.84 Å². The lowest BCUT2D eigenvalue weighted by atomic mass is 9.89. The second-order valence-corrected chi connectivity index (χ2v) is 7.28. The summed E-state index contributed by atoms with van der Waals surface area (Å²) in [5.74, 6) is 1.57. The van der Waals surface area contributed by atoms with Crippen LogP contribution in [-0.4, -0.2) is 24.0 Å². The number of nitrogens with zero attached hydrogens (tertiary/aromatic N) is 3. The quantitative estimate of drug-likeness (QED) is 0.715. The van der Waals surface area contributed by atoms with Crippen molar-refractivity contribution in [1.29, 1.82) is 0 Å². The Labute approximate surface area is 153 Å². The zero-order chi connectivity index (χ0) is 17.6. The molecule has 1 saturated carbocycles. The number of benzene rings is 1. The van der Waals surface area contributed by atoms with Crippen LogP contribution in [-0.2, 0) is 0 Å². The van der Waals surface area contributed by atoms with Crippen LogP contribution in [0.3, 0.4) is 0 Å². The van der Waals surface area contributed by atoms with Gasteiger partial charge in [-0.1, -0.05) is 13.0 Å². The van der Waals surface area contributed by atoms with E-state index in [0.717, 1.165) is 34.6 Å². The Hall–Kier alpha value is -2.14. The molecular formula is C20H25N3OS. The van der Waals surface area contributed by atoms with Gasteiger partial charge in [0, 0.05) is 16.7 Å². The Morgan fingerprint density at radius 1 is 1.36 bits per heavy atom. The zero-order valence-electron chi connectivity index (χ0n) is 14.9. The maximum absolute atomic E-state index is 5.27. The van der Waals surface area contributed by atoms with Gasteiger partial charge in [0.15, 0.2) is 0 Å². The second-order valence-electron chi connectivity index (χ2n) is 6.44. The van der Waals surface area contributed by atoms with Crippen molar-refractivity contribution in [2.75, 3.05) is 13.7 Å². The molecule has 0 aliphatic heterocycles. The third kappa shape index (κ3) is 4.28. The van der Waals surface area contributed by atoms with Gasteiger partial charge in [-0.25, -0.2) is 4.68 Å². The first-order valence-corrected chi connectivity index (χ1v) is 9.62. The lowest BCUT2D eigenvalue weighted by molar-refractivity contribution is 0.415. The van der Waals surface area contributed by atoms with E-state index in [9.17, 15) is 0 Å². The van der Waals surface area contributed by atoms with E-state index < -0.39 is 0 Å². The molecule has 1 fully saturated rings. The SMILES string of the molecule is C=CCN=c1scc(-c2ccc(OC)cc2)n1N=C1CCCC(C)C1. The normalized spacial score (nSPS) is 20.0. The number of hydrogen-bond acceptors (Lipinski definition) is 4. The first-order chi connectivity index (χ1) is 12.2. The van der Waals surface area contributed by atoms with Gasteiger partial charge in [0.25, 0.3) is 0 Å². The summed E-state index contributed by atoms with van der Waals surface area (Å²) in [5.41, 5.74) is 3.46. The maximum Gasteiger partial charge on any atom is 0.206 e. The first kappa shape index (κ1) is 17.7. The fourth-order valence-corrected chi connectivity index (χ4v) is 3.94. The molecule has 25 heavy (non-hydrogen) atoms. The van der Waals surface area contributed by atoms with E-state index in [1.54, 1.807) is 18.4 Å². The Morgan fingerprint density at radius 2 is 2.16 bits per heavy atom. The molecule has 2 aromatic rings. The summed E-state index contributed by atoms with van der Waals surface area (Å²) in [6, 6.07) is 8.10. The van der Waals surface area contributed by atoms with Crippen molar-refractivity contribution in [3.05, 3.63) is 47.1 Å². The van der Waals surface area contributed by atoms with Crippen molar-refractivity contribution < 1.29 is 4.74 Å². The number of thiazole rings is 1. The van der Waals surface area contributed by atoms with Crippen molar-refractivity contribution in [3.8, 4) is 17.0 Å². The highest BCUT2D eigenvalue weighted by atomic mass is 32.1. The Bertz CT molecular complexity index is 814. The van der Waals surface area contributed by atoms with E-state index in [-0.39, 0.29) is 0 Å². The maximum atomic E-state index is 5.27. The van der Waals surface area contributed by atoms with Gasteiger partial charge in [-0.15, -0.1) is 17.9 Å². The molecule has 1 heterocycles. The van der Waals surface area contributed by atoms with Gasteiger partial charge < -0.3 is 4.74 Å². The molecule has 5 heteroatoms. The second kappa shape index (κ2) is 8.30.